The third-order valence-electron chi connectivity index (χ3n) is 5.54. The maximum Gasteiger partial charge on any atom is 0.0579 e. The van der Waals surface area contributed by atoms with Crippen molar-refractivity contribution in [1.82, 2.24) is 5.32 Å². The molecule has 0 aromatic heterocycles. The molecule has 1 saturated carbocycles. The highest BCUT2D eigenvalue weighted by Crippen LogP contribution is 2.28. The van der Waals surface area contributed by atoms with Crippen LogP contribution in [0.2, 0.25) is 0 Å². The third kappa shape index (κ3) is 4.58. The lowest BCUT2D eigenvalue weighted by molar-refractivity contribution is 0.327. The van der Waals surface area contributed by atoms with Gasteiger partial charge in [-0.2, -0.15) is 0 Å². The number of anilines is 1. The zero-order valence-electron chi connectivity index (χ0n) is 15.7. The molecule has 0 spiro atoms. The molecule has 2 heteroatoms. The molecule has 0 saturated heterocycles. The van der Waals surface area contributed by atoms with Crippen molar-refractivity contribution in [3.05, 3.63) is 102 Å². The molecule has 0 bridgehead atoms. The third-order valence-corrected chi connectivity index (χ3v) is 5.54. The first-order valence-corrected chi connectivity index (χ1v) is 10.1. The maximum absolute atomic E-state index is 4.00. The Kier molecular flexibility index (Phi) is 5.86. The predicted molar refractivity (Wildman–Crippen MR) is 114 cm³/mol. The van der Waals surface area contributed by atoms with E-state index in [4.69, 9.17) is 0 Å². The van der Waals surface area contributed by atoms with Crippen LogP contribution in [0, 0.1) is 0 Å². The van der Waals surface area contributed by atoms with Crippen molar-refractivity contribution in [2.75, 3.05) is 5.32 Å². The van der Waals surface area contributed by atoms with Crippen molar-refractivity contribution in [3.8, 4) is 0 Å². The van der Waals surface area contributed by atoms with Crippen LogP contribution in [0.3, 0.4) is 0 Å². The molecule has 0 heterocycles. The average molecular weight is 357 g/mol. The lowest BCUT2D eigenvalue weighted by Gasteiger charge is -2.36. The van der Waals surface area contributed by atoms with Gasteiger partial charge in [-0.3, -0.25) is 0 Å². The van der Waals surface area contributed by atoms with Crippen LogP contribution in [0.1, 0.15) is 42.9 Å². The lowest BCUT2D eigenvalue weighted by atomic mass is 9.88. The zero-order valence-corrected chi connectivity index (χ0v) is 15.7. The molecule has 0 aliphatic heterocycles. The van der Waals surface area contributed by atoms with Gasteiger partial charge in [0.15, 0.2) is 0 Å². The van der Waals surface area contributed by atoms with Gasteiger partial charge in [0.2, 0.25) is 0 Å². The van der Waals surface area contributed by atoms with Crippen LogP contribution >= 0.6 is 0 Å². The first kappa shape index (κ1) is 17.8. The second kappa shape index (κ2) is 8.88. The number of hydrogen-bond acceptors (Lipinski definition) is 2. The molecule has 2 N–H and O–H groups in total. The van der Waals surface area contributed by atoms with Crippen LogP contribution in [0.4, 0.5) is 5.69 Å². The second-order valence-electron chi connectivity index (χ2n) is 7.43. The van der Waals surface area contributed by atoms with E-state index in [-0.39, 0.29) is 6.04 Å². The van der Waals surface area contributed by atoms with Gasteiger partial charge < -0.3 is 10.6 Å². The molecule has 1 aliphatic rings. The highest BCUT2D eigenvalue weighted by Gasteiger charge is 2.28. The fraction of sp³-hybridized carbons (Fsp3) is 0.280. The Morgan fingerprint density at radius 2 is 1.07 bits per heavy atom. The number of para-hydroxylation sites is 1. The molecule has 1 aliphatic carbocycles. The van der Waals surface area contributed by atoms with Crippen molar-refractivity contribution in [2.45, 2.75) is 43.8 Å². The van der Waals surface area contributed by atoms with Crippen LogP contribution in [0.5, 0.6) is 0 Å². The van der Waals surface area contributed by atoms with Gasteiger partial charge in [-0.05, 0) is 36.1 Å². The summed E-state index contributed by atoms with van der Waals surface area (Å²) in [4.78, 5) is 0. The molecule has 0 radical (unpaired) electrons. The van der Waals surface area contributed by atoms with Crippen molar-refractivity contribution in [3.63, 3.8) is 0 Å². The summed E-state index contributed by atoms with van der Waals surface area (Å²) in [5, 5.41) is 7.77. The van der Waals surface area contributed by atoms with Crippen LogP contribution in [0.25, 0.3) is 0 Å². The van der Waals surface area contributed by atoms with Gasteiger partial charge in [0.1, 0.15) is 0 Å². The first-order chi connectivity index (χ1) is 13.4. The van der Waals surface area contributed by atoms with Gasteiger partial charge in [-0.15, -0.1) is 0 Å². The minimum Gasteiger partial charge on any atom is -0.381 e. The van der Waals surface area contributed by atoms with E-state index in [9.17, 15) is 0 Å². The smallest absolute Gasteiger partial charge is 0.0579 e. The molecule has 3 aromatic carbocycles. The van der Waals surface area contributed by atoms with Crippen molar-refractivity contribution < 1.29 is 0 Å². The average Bonchev–Trinajstić information content (AvgIpc) is 2.75. The largest absolute Gasteiger partial charge is 0.381 e. The summed E-state index contributed by atoms with van der Waals surface area (Å²) in [6, 6.07) is 33.4. The Morgan fingerprint density at radius 3 is 1.63 bits per heavy atom. The SMILES string of the molecule is c1ccc(NC2CCCCC2NC(c2ccccc2)c2ccccc2)cc1. The summed E-state index contributed by atoms with van der Waals surface area (Å²) in [5.74, 6) is 0. The second-order valence-corrected chi connectivity index (χ2v) is 7.43. The van der Waals surface area contributed by atoms with Crippen LogP contribution < -0.4 is 10.6 Å². The Hall–Kier alpha value is -2.58. The minimum atomic E-state index is 0.218. The van der Waals surface area contributed by atoms with Crippen molar-refractivity contribution in [2.24, 2.45) is 0 Å². The highest BCUT2D eigenvalue weighted by atomic mass is 15.0. The zero-order chi connectivity index (χ0) is 18.3. The maximum atomic E-state index is 4.00. The summed E-state index contributed by atoms with van der Waals surface area (Å²) in [6.07, 6.45) is 5.01. The quantitative estimate of drug-likeness (QED) is 0.584. The van der Waals surface area contributed by atoms with E-state index < -0.39 is 0 Å². The fourth-order valence-corrected chi connectivity index (χ4v) is 4.14. The normalized spacial score (nSPS) is 19.7. The molecule has 138 valence electrons. The Labute approximate surface area is 162 Å². The molecular weight excluding hydrogens is 328 g/mol. The Balaban J connectivity index is 1.57. The van der Waals surface area contributed by atoms with Gasteiger partial charge in [-0.1, -0.05) is 91.7 Å². The van der Waals surface area contributed by atoms with Gasteiger partial charge in [0.25, 0.3) is 0 Å². The molecule has 4 rings (SSSR count). The molecule has 1 fully saturated rings. The topological polar surface area (TPSA) is 24.1 Å². The molecule has 3 aromatic rings. The van der Waals surface area contributed by atoms with E-state index in [0.717, 1.165) is 0 Å². The Morgan fingerprint density at radius 1 is 0.593 bits per heavy atom. The molecular formula is C25H28N2. The van der Waals surface area contributed by atoms with Crippen molar-refractivity contribution in [1.29, 1.82) is 0 Å². The number of rotatable bonds is 6. The monoisotopic (exact) mass is 356 g/mol. The highest BCUT2D eigenvalue weighted by molar-refractivity contribution is 5.44. The molecule has 2 unspecified atom stereocenters. The van der Waals surface area contributed by atoms with E-state index in [2.05, 4.69) is 102 Å². The van der Waals surface area contributed by atoms with Gasteiger partial charge in [-0.25, -0.2) is 0 Å². The van der Waals surface area contributed by atoms with E-state index in [1.807, 2.05) is 0 Å². The lowest BCUT2D eigenvalue weighted by Crippen LogP contribution is -2.47. The standard InChI is InChI=1S/C25H28N2/c1-4-12-20(13-5-1)25(21-14-6-2-7-15-21)27-24-19-11-10-18-23(24)26-22-16-8-3-9-17-22/h1-9,12-17,23-27H,10-11,18-19H2. The minimum absolute atomic E-state index is 0.218. The van der Waals surface area contributed by atoms with Gasteiger partial charge in [0.05, 0.1) is 6.04 Å². The summed E-state index contributed by atoms with van der Waals surface area (Å²) in [6.45, 7) is 0. The predicted octanol–water partition coefficient (Wildman–Crippen LogP) is 5.79. The van der Waals surface area contributed by atoms with Crippen LogP contribution in [-0.2, 0) is 0 Å². The van der Waals surface area contributed by atoms with E-state index in [1.165, 1.54) is 42.5 Å². The van der Waals surface area contributed by atoms with Gasteiger partial charge >= 0.3 is 0 Å². The van der Waals surface area contributed by atoms with E-state index >= 15 is 0 Å². The van der Waals surface area contributed by atoms with Gasteiger partial charge in [0, 0.05) is 17.8 Å². The fourth-order valence-electron chi connectivity index (χ4n) is 4.14. The summed E-state index contributed by atoms with van der Waals surface area (Å²) >= 11 is 0. The van der Waals surface area contributed by atoms with E-state index in [0.29, 0.717) is 12.1 Å². The number of hydrogen-bond donors (Lipinski definition) is 2. The van der Waals surface area contributed by atoms with Crippen LogP contribution in [0.15, 0.2) is 91.0 Å². The number of benzene rings is 3. The molecule has 2 nitrogen and oxygen atoms in total. The summed E-state index contributed by atoms with van der Waals surface area (Å²) in [7, 11) is 0. The van der Waals surface area contributed by atoms with E-state index in [1.54, 1.807) is 0 Å². The Bertz CT molecular complexity index is 762. The number of nitrogens with one attached hydrogen (secondary N) is 2. The molecule has 0 amide bonds. The first-order valence-electron chi connectivity index (χ1n) is 10.1. The molecule has 2 atom stereocenters. The van der Waals surface area contributed by atoms with Crippen LogP contribution in [-0.4, -0.2) is 12.1 Å². The molecule has 27 heavy (non-hydrogen) atoms. The van der Waals surface area contributed by atoms with Crippen molar-refractivity contribution >= 4 is 5.69 Å². The summed E-state index contributed by atoms with van der Waals surface area (Å²) in [5.41, 5.74) is 3.87. The summed E-state index contributed by atoms with van der Waals surface area (Å²) < 4.78 is 0.